The summed E-state index contributed by atoms with van der Waals surface area (Å²) in [6.07, 6.45) is 0.911. The molecule has 0 bridgehead atoms. The highest BCUT2D eigenvalue weighted by Gasteiger charge is 2.35. The summed E-state index contributed by atoms with van der Waals surface area (Å²) >= 11 is 0. The minimum atomic E-state index is -3.31. The van der Waals surface area contributed by atoms with Crippen LogP contribution in [0.15, 0.2) is 10.6 Å². The van der Waals surface area contributed by atoms with Crippen LogP contribution in [0.1, 0.15) is 17.9 Å². The first-order valence-electron chi connectivity index (χ1n) is 7.39. The van der Waals surface area contributed by atoms with Crippen LogP contribution in [0.2, 0.25) is 0 Å². The predicted molar refractivity (Wildman–Crippen MR) is 85.5 cm³/mol. The first-order chi connectivity index (χ1) is 10.0. The standard InChI is InChI=1S/C13H22N4O3S.ClH/c1-11-8-13(20-15-11)10-21(18,19)17-5-2-12(9-17)16-6-3-14-4-7-16;/h8,12,14H,2-7,9-10H2,1H3;1H. The van der Waals surface area contributed by atoms with Crippen LogP contribution in [0, 0.1) is 6.92 Å². The Hall–Kier alpha value is -0.670. The molecule has 3 heterocycles. The van der Waals surface area contributed by atoms with E-state index in [2.05, 4.69) is 15.4 Å². The molecule has 1 N–H and O–H groups in total. The highest BCUT2D eigenvalue weighted by molar-refractivity contribution is 7.88. The van der Waals surface area contributed by atoms with Crippen molar-refractivity contribution in [3.63, 3.8) is 0 Å². The van der Waals surface area contributed by atoms with Crippen LogP contribution in [-0.2, 0) is 15.8 Å². The lowest BCUT2D eigenvalue weighted by Crippen LogP contribution is -2.49. The van der Waals surface area contributed by atoms with Gasteiger partial charge in [-0.05, 0) is 13.3 Å². The van der Waals surface area contributed by atoms with Gasteiger partial charge in [-0.3, -0.25) is 4.90 Å². The van der Waals surface area contributed by atoms with Crippen molar-refractivity contribution in [2.75, 3.05) is 39.3 Å². The molecule has 22 heavy (non-hydrogen) atoms. The monoisotopic (exact) mass is 350 g/mol. The summed E-state index contributed by atoms with van der Waals surface area (Å²) in [4.78, 5) is 2.39. The molecule has 0 radical (unpaired) electrons. The molecule has 1 atom stereocenters. The molecule has 0 amide bonds. The second-order valence-electron chi connectivity index (χ2n) is 5.78. The van der Waals surface area contributed by atoms with Gasteiger partial charge in [0.15, 0.2) is 5.76 Å². The van der Waals surface area contributed by atoms with Crippen molar-refractivity contribution in [1.82, 2.24) is 19.7 Å². The summed E-state index contributed by atoms with van der Waals surface area (Å²) in [5.74, 6) is 0.320. The number of piperazine rings is 1. The number of hydrogen-bond acceptors (Lipinski definition) is 6. The Labute approximate surface area is 137 Å². The molecule has 1 aromatic rings. The Balaban J connectivity index is 0.00000176. The lowest BCUT2D eigenvalue weighted by Gasteiger charge is -2.32. The first-order valence-corrected chi connectivity index (χ1v) is 9.00. The summed E-state index contributed by atoms with van der Waals surface area (Å²) in [6.45, 7) is 6.95. The minimum Gasteiger partial charge on any atom is -0.360 e. The number of nitrogens with zero attached hydrogens (tertiary/aromatic N) is 3. The smallest absolute Gasteiger partial charge is 0.221 e. The van der Waals surface area contributed by atoms with Gasteiger partial charge in [0.25, 0.3) is 0 Å². The summed E-state index contributed by atoms with van der Waals surface area (Å²) in [7, 11) is -3.31. The van der Waals surface area contributed by atoms with Crippen LogP contribution in [-0.4, -0.2) is 68.1 Å². The lowest BCUT2D eigenvalue weighted by molar-refractivity contribution is 0.179. The van der Waals surface area contributed by atoms with E-state index in [-0.39, 0.29) is 18.2 Å². The number of rotatable bonds is 4. The molecule has 2 fully saturated rings. The zero-order valence-corrected chi connectivity index (χ0v) is 14.3. The first kappa shape index (κ1) is 17.7. The van der Waals surface area contributed by atoms with Gasteiger partial charge >= 0.3 is 0 Å². The molecule has 126 valence electrons. The Kier molecular flexibility index (Phi) is 5.84. The number of nitrogens with one attached hydrogen (secondary N) is 1. The molecule has 7 nitrogen and oxygen atoms in total. The molecule has 0 spiro atoms. The molecule has 0 saturated carbocycles. The summed E-state index contributed by atoms with van der Waals surface area (Å²) in [5.41, 5.74) is 0.709. The van der Waals surface area contributed by atoms with E-state index in [1.807, 2.05) is 0 Å². The SMILES string of the molecule is Cc1cc(CS(=O)(=O)N2CCC(N3CCNCC3)C2)on1.Cl. The molecule has 0 aromatic carbocycles. The highest BCUT2D eigenvalue weighted by atomic mass is 35.5. The maximum Gasteiger partial charge on any atom is 0.221 e. The van der Waals surface area contributed by atoms with E-state index in [4.69, 9.17) is 4.52 Å². The Morgan fingerprint density at radius 2 is 2.09 bits per heavy atom. The average Bonchev–Trinajstić information content (AvgIpc) is 3.09. The number of sulfonamides is 1. The lowest BCUT2D eigenvalue weighted by atomic mass is 10.2. The largest absolute Gasteiger partial charge is 0.360 e. The maximum atomic E-state index is 12.4. The van der Waals surface area contributed by atoms with Crippen LogP contribution in [0.25, 0.3) is 0 Å². The summed E-state index contributed by atoms with van der Waals surface area (Å²) in [6, 6.07) is 2.03. The molecule has 1 aromatic heterocycles. The number of halogens is 1. The summed E-state index contributed by atoms with van der Waals surface area (Å²) < 4.78 is 31.5. The minimum absolute atomic E-state index is 0. The highest BCUT2D eigenvalue weighted by Crippen LogP contribution is 2.21. The van der Waals surface area contributed by atoms with E-state index in [9.17, 15) is 8.42 Å². The van der Waals surface area contributed by atoms with Gasteiger partial charge in [0, 0.05) is 51.4 Å². The van der Waals surface area contributed by atoms with E-state index >= 15 is 0 Å². The third-order valence-electron chi connectivity index (χ3n) is 4.19. The Bertz CT molecular complexity index is 586. The van der Waals surface area contributed by atoms with Crippen molar-refractivity contribution in [2.45, 2.75) is 25.1 Å². The predicted octanol–water partition coefficient (Wildman–Crippen LogP) is 0.214. The van der Waals surface area contributed by atoms with E-state index in [0.29, 0.717) is 30.6 Å². The van der Waals surface area contributed by atoms with Crippen molar-refractivity contribution in [3.05, 3.63) is 17.5 Å². The number of aryl methyl sites for hydroxylation is 1. The van der Waals surface area contributed by atoms with Crippen LogP contribution >= 0.6 is 12.4 Å². The number of aromatic nitrogens is 1. The van der Waals surface area contributed by atoms with Crippen LogP contribution in [0.4, 0.5) is 0 Å². The van der Waals surface area contributed by atoms with Gasteiger partial charge in [-0.15, -0.1) is 12.4 Å². The molecule has 2 saturated heterocycles. The quantitative estimate of drug-likeness (QED) is 0.836. The third-order valence-corrected chi connectivity index (χ3v) is 5.96. The van der Waals surface area contributed by atoms with E-state index < -0.39 is 10.0 Å². The molecule has 2 aliphatic heterocycles. The van der Waals surface area contributed by atoms with Gasteiger partial charge in [0.05, 0.1) is 5.69 Å². The van der Waals surface area contributed by atoms with Gasteiger partial charge in [0.2, 0.25) is 10.0 Å². The average molecular weight is 351 g/mol. The van der Waals surface area contributed by atoms with Crippen molar-refractivity contribution in [3.8, 4) is 0 Å². The van der Waals surface area contributed by atoms with E-state index in [1.54, 1.807) is 17.3 Å². The van der Waals surface area contributed by atoms with Gasteiger partial charge < -0.3 is 9.84 Å². The van der Waals surface area contributed by atoms with Crippen molar-refractivity contribution in [2.24, 2.45) is 0 Å². The molecule has 9 heteroatoms. The van der Waals surface area contributed by atoms with Gasteiger partial charge in [-0.1, -0.05) is 5.16 Å². The molecule has 0 aliphatic carbocycles. The van der Waals surface area contributed by atoms with Crippen LogP contribution in [0.3, 0.4) is 0 Å². The normalized spacial score (nSPS) is 24.3. The van der Waals surface area contributed by atoms with E-state index in [0.717, 1.165) is 32.6 Å². The fourth-order valence-electron chi connectivity index (χ4n) is 3.06. The second-order valence-corrected chi connectivity index (χ2v) is 7.75. The molecular formula is C13H23ClN4O3S. The topological polar surface area (TPSA) is 78.7 Å². The number of hydrogen-bond donors (Lipinski definition) is 1. The molecule has 1 unspecified atom stereocenters. The zero-order valence-electron chi connectivity index (χ0n) is 12.7. The van der Waals surface area contributed by atoms with Crippen LogP contribution in [0.5, 0.6) is 0 Å². The van der Waals surface area contributed by atoms with Crippen molar-refractivity contribution >= 4 is 22.4 Å². The Morgan fingerprint density at radius 1 is 1.36 bits per heavy atom. The van der Waals surface area contributed by atoms with Crippen molar-refractivity contribution in [1.29, 1.82) is 0 Å². The van der Waals surface area contributed by atoms with Gasteiger partial charge in [0.1, 0.15) is 5.75 Å². The summed E-state index contributed by atoms with van der Waals surface area (Å²) in [5, 5.41) is 7.06. The van der Waals surface area contributed by atoms with Crippen LogP contribution < -0.4 is 5.32 Å². The molecule has 3 rings (SSSR count). The second kappa shape index (κ2) is 7.27. The fourth-order valence-corrected chi connectivity index (χ4v) is 4.52. The molecular weight excluding hydrogens is 328 g/mol. The Morgan fingerprint density at radius 3 is 2.73 bits per heavy atom. The van der Waals surface area contributed by atoms with Crippen molar-refractivity contribution < 1.29 is 12.9 Å². The zero-order chi connectivity index (χ0) is 14.9. The van der Waals surface area contributed by atoms with Gasteiger partial charge in [-0.25, -0.2) is 8.42 Å². The third kappa shape index (κ3) is 3.99. The molecule has 2 aliphatic rings. The maximum absolute atomic E-state index is 12.4. The van der Waals surface area contributed by atoms with E-state index in [1.165, 1.54) is 0 Å². The van der Waals surface area contributed by atoms with Gasteiger partial charge in [-0.2, -0.15) is 4.31 Å². The fraction of sp³-hybridized carbons (Fsp3) is 0.769.